The summed E-state index contributed by atoms with van der Waals surface area (Å²) < 4.78 is 21.9. The fraction of sp³-hybridized carbons (Fsp3) is 0.304. The molecule has 0 aliphatic carbocycles. The van der Waals surface area contributed by atoms with E-state index in [4.69, 9.17) is 4.42 Å². The Morgan fingerprint density at radius 1 is 1.23 bits per heavy atom. The van der Waals surface area contributed by atoms with Crippen LogP contribution in [0, 0.1) is 25.1 Å². The first-order chi connectivity index (χ1) is 14.9. The van der Waals surface area contributed by atoms with Crippen LogP contribution in [0.2, 0.25) is 0 Å². The second-order valence-electron chi connectivity index (χ2n) is 8.84. The molecule has 0 unspecified atom stereocenters. The van der Waals surface area contributed by atoms with Crippen molar-refractivity contribution in [2.45, 2.75) is 13.8 Å². The molecule has 0 radical (unpaired) electrons. The van der Waals surface area contributed by atoms with E-state index in [9.17, 15) is 9.18 Å². The van der Waals surface area contributed by atoms with Crippen molar-refractivity contribution in [3.63, 3.8) is 0 Å². The van der Waals surface area contributed by atoms with Crippen LogP contribution < -0.4 is 15.5 Å². The molecule has 0 bridgehead atoms. The van der Waals surface area contributed by atoms with E-state index < -0.39 is 5.82 Å². The van der Waals surface area contributed by atoms with Crippen LogP contribution in [0.25, 0.3) is 16.6 Å². The molecule has 1 aromatic carbocycles. The number of fused-ring (bicyclic) bond motifs is 2. The lowest BCUT2D eigenvalue weighted by Gasteiger charge is -2.57. The van der Waals surface area contributed by atoms with Gasteiger partial charge in [-0.15, -0.1) is 0 Å². The molecule has 2 N–H and O–H groups in total. The normalized spacial score (nSPS) is 17.2. The summed E-state index contributed by atoms with van der Waals surface area (Å²) in [5.74, 6) is -0.0828. The van der Waals surface area contributed by atoms with Crippen molar-refractivity contribution in [3.8, 4) is 0 Å². The zero-order valence-electron chi connectivity index (χ0n) is 17.3. The van der Waals surface area contributed by atoms with Gasteiger partial charge in [-0.1, -0.05) is 0 Å². The minimum atomic E-state index is -0.488. The van der Waals surface area contributed by atoms with Crippen LogP contribution in [0.1, 0.15) is 21.8 Å². The molecule has 0 saturated carbocycles. The van der Waals surface area contributed by atoms with Gasteiger partial charge in [0.15, 0.2) is 11.5 Å². The Hall–Kier alpha value is -3.39. The van der Waals surface area contributed by atoms with Crippen LogP contribution in [0.4, 0.5) is 15.8 Å². The number of anilines is 2. The summed E-state index contributed by atoms with van der Waals surface area (Å²) in [4.78, 5) is 19.6. The molecule has 7 nitrogen and oxygen atoms in total. The summed E-state index contributed by atoms with van der Waals surface area (Å²) in [5, 5.41) is 7.08. The second-order valence-corrected chi connectivity index (χ2v) is 8.84. The molecule has 4 aromatic rings. The van der Waals surface area contributed by atoms with Gasteiger partial charge in [0.1, 0.15) is 11.3 Å². The number of furan rings is 1. The molecule has 2 aliphatic rings. The molecule has 1 spiro atoms. The number of imidazole rings is 1. The smallest absolute Gasteiger partial charge is 0.259 e. The summed E-state index contributed by atoms with van der Waals surface area (Å²) >= 11 is 0. The predicted molar refractivity (Wildman–Crippen MR) is 116 cm³/mol. The maximum absolute atomic E-state index is 14.4. The Kier molecular flexibility index (Phi) is 3.74. The third kappa shape index (κ3) is 2.82. The molecular formula is C23H22FN5O2. The average molecular weight is 419 g/mol. The van der Waals surface area contributed by atoms with Crippen molar-refractivity contribution in [1.82, 2.24) is 14.7 Å². The zero-order chi connectivity index (χ0) is 21.3. The van der Waals surface area contributed by atoms with Gasteiger partial charge in [-0.2, -0.15) is 0 Å². The number of hydrogen-bond acceptors (Lipinski definition) is 5. The topological polar surface area (TPSA) is 74.8 Å². The number of aryl methyl sites for hydroxylation is 2. The summed E-state index contributed by atoms with van der Waals surface area (Å²) in [6.07, 6.45) is 3.37. The molecule has 2 fully saturated rings. The van der Waals surface area contributed by atoms with Gasteiger partial charge in [-0.25, -0.2) is 9.37 Å². The predicted octanol–water partition coefficient (Wildman–Crippen LogP) is 3.50. The Balaban J connectivity index is 1.33. The van der Waals surface area contributed by atoms with Crippen molar-refractivity contribution < 1.29 is 13.6 Å². The number of aromatic nitrogens is 2. The first kappa shape index (κ1) is 18.4. The number of rotatable bonds is 3. The lowest BCUT2D eigenvalue weighted by molar-refractivity contribution is 0.102. The highest BCUT2D eigenvalue weighted by Crippen LogP contribution is 2.41. The van der Waals surface area contributed by atoms with Gasteiger partial charge < -0.3 is 24.4 Å². The van der Waals surface area contributed by atoms with Crippen LogP contribution in [0.5, 0.6) is 0 Å². The maximum Gasteiger partial charge on any atom is 0.259 e. The van der Waals surface area contributed by atoms with Crippen LogP contribution in [0.3, 0.4) is 0 Å². The first-order valence-electron chi connectivity index (χ1n) is 10.4. The maximum atomic E-state index is 14.4. The van der Waals surface area contributed by atoms with E-state index >= 15 is 0 Å². The van der Waals surface area contributed by atoms with Crippen molar-refractivity contribution >= 4 is 33.9 Å². The Labute approximate surface area is 177 Å². The Morgan fingerprint density at radius 3 is 2.77 bits per heavy atom. The van der Waals surface area contributed by atoms with Crippen molar-refractivity contribution in [2.75, 3.05) is 36.4 Å². The number of amides is 1. The molecule has 6 rings (SSSR count). The van der Waals surface area contributed by atoms with E-state index in [1.807, 2.05) is 19.1 Å². The van der Waals surface area contributed by atoms with Crippen LogP contribution in [-0.4, -0.2) is 41.5 Å². The highest BCUT2D eigenvalue weighted by molar-refractivity contribution is 6.13. The number of pyridine rings is 1. The Bertz CT molecular complexity index is 1360. The van der Waals surface area contributed by atoms with E-state index in [0.29, 0.717) is 27.9 Å². The molecule has 31 heavy (non-hydrogen) atoms. The summed E-state index contributed by atoms with van der Waals surface area (Å²) in [5.41, 5.74) is 3.76. The fourth-order valence-electron chi connectivity index (χ4n) is 4.77. The van der Waals surface area contributed by atoms with Crippen LogP contribution in [0.15, 0.2) is 41.1 Å². The molecule has 0 atom stereocenters. The van der Waals surface area contributed by atoms with Crippen LogP contribution >= 0.6 is 0 Å². The largest absolute Gasteiger partial charge is 0.460 e. The van der Waals surface area contributed by atoms with Gasteiger partial charge in [0.05, 0.1) is 16.9 Å². The second kappa shape index (κ2) is 6.31. The molecule has 3 aromatic heterocycles. The fourth-order valence-corrected chi connectivity index (χ4v) is 4.77. The van der Waals surface area contributed by atoms with E-state index in [-0.39, 0.29) is 11.6 Å². The molecule has 5 heterocycles. The summed E-state index contributed by atoms with van der Waals surface area (Å²) in [6, 6.07) is 7.03. The zero-order valence-corrected chi connectivity index (χ0v) is 17.3. The van der Waals surface area contributed by atoms with E-state index in [2.05, 4.69) is 20.5 Å². The van der Waals surface area contributed by atoms with E-state index in [0.717, 1.165) is 43.0 Å². The van der Waals surface area contributed by atoms with Gasteiger partial charge >= 0.3 is 0 Å². The van der Waals surface area contributed by atoms with Gasteiger partial charge in [-0.05, 0) is 32.0 Å². The number of carbonyl (C=O) groups is 1. The first-order valence-corrected chi connectivity index (χ1v) is 10.4. The lowest BCUT2D eigenvalue weighted by Crippen LogP contribution is -2.71. The monoisotopic (exact) mass is 419 g/mol. The SMILES string of the molecule is Cc1cn2cc(NC(=O)c3ccc(N4CC5(CNC5)C4)c4cc(C)oc34)cc(F)c2n1. The van der Waals surface area contributed by atoms with Crippen molar-refractivity contribution in [3.05, 3.63) is 59.5 Å². The molecule has 8 heteroatoms. The quantitative estimate of drug-likeness (QED) is 0.532. The summed E-state index contributed by atoms with van der Waals surface area (Å²) in [6.45, 7) is 7.82. The van der Waals surface area contributed by atoms with Crippen molar-refractivity contribution in [1.29, 1.82) is 0 Å². The number of carbonyl (C=O) groups excluding carboxylic acids is 1. The number of hydrogen-bond donors (Lipinski definition) is 2. The van der Waals surface area contributed by atoms with Gasteiger partial charge in [0, 0.05) is 61.1 Å². The number of benzene rings is 1. The third-order valence-corrected chi connectivity index (χ3v) is 6.31. The standard InChI is InChI=1S/C23H22FN5O2/c1-13-7-28-8-15(6-18(24)21(28)26-13)27-22(30)16-3-4-19(17-5-14(2)31-20(16)17)29-11-23(12-29)9-25-10-23/h3-8,25H,9-12H2,1-2H3,(H,27,30). The van der Waals surface area contributed by atoms with Crippen molar-refractivity contribution in [2.24, 2.45) is 5.41 Å². The minimum absolute atomic E-state index is 0.234. The Morgan fingerprint density at radius 2 is 2.03 bits per heavy atom. The molecule has 2 saturated heterocycles. The molecule has 2 aliphatic heterocycles. The lowest BCUT2D eigenvalue weighted by atomic mass is 9.74. The van der Waals surface area contributed by atoms with Gasteiger partial charge in [0.25, 0.3) is 5.91 Å². The highest BCUT2D eigenvalue weighted by Gasteiger charge is 2.48. The molecule has 1 amide bonds. The summed E-state index contributed by atoms with van der Waals surface area (Å²) in [7, 11) is 0. The highest BCUT2D eigenvalue weighted by atomic mass is 19.1. The third-order valence-electron chi connectivity index (χ3n) is 6.31. The number of nitrogens with one attached hydrogen (secondary N) is 2. The number of nitrogens with zero attached hydrogens (tertiary/aromatic N) is 3. The van der Waals surface area contributed by atoms with E-state index in [1.54, 1.807) is 29.8 Å². The number of halogens is 1. The molecular weight excluding hydrogens is 397 g/mol. The van der Waals surface area contributed by atoms with E-state index in [1.165, 1.54) is 6.07 Å². The molecule has 158 valence electrons. The van der Waals surface area contributed by atoms with Crippen LogP contribution in [-0.2, 0) is 0 Å². The van der Waals surface area contributed by atoms with Gasteiger partial charge in [-0.3, -0.25) is 4.79 Å². The average Bonchev–Trinajstić information content (AvgIpc) is 3.21. The minimum Gasteiger partial charge on any atom is -0.460 e. The van der Waals surface area contributed by atoms with Gasteiger partial charge in [0.2, 0.25) is 0 Å².